The quantitative estimate of drug-likeness (QED) is 0.623. The highest BCUT2D eigenvalue weighted by Crippen LogP contribution is 2.20. The molecule has 1 fully saturated rings. The average molecular weight is 201 g/mol. The van der Waals surface area contributed by atoms with Crippen molar-refractivity contribution in [1.29, 1.82) is 0 Å². The van der Waals surface area contributed by atoms with Gasteiger partial charge < -0.3 is 15.2 Å². The fourth-order valence-corrected chi connectivity index (χ4v) is 1.74. The van der Waals surface area contributed by atoms with E-state index in [2.05, 4.69) is 5.32 Å². The first-order valence-corrected chi connectivity index (χ1v) is 4.70. The van der Waals surface area contributed by atoms with Crippen LogP contribution in [0.3, 0.4) is 0 Å². The van der Waals surface area contributed by atoms with Crippen molar-refractivity contribution < 1.29 is 19.4 Å². The molecule has 1 saturated carbocycles. The molecular weight excluding hydrogens is 186 g/mol. The van der Waals surface area contributed by atoms with Crippen molar-refractivity contribution in [2.45, 2.75) is 37.8 Å². The van der Waals surface area contributed by atoms with Gasteiger partial charge in [0.2, 0.25) is 0 Å². The second kappa shape index (κ2) is 4.95. The standard InChI is InChI=1S/C9H15NO4/c1-14-7-4-2-3-6(5-7)10-8(11)9(12)13/h6-7H,2-5H2,1H3,(H,10,11)(H,12,13). The van der Waals surface area contributed by atoms with Gasteiger partial charge in [0.05, 0.1) is 6.10 Å². The lowest BCUT2D eigenvalue weighted by Gasteiger charge is -2.28. The summed E-state index contributed by atoms with van der Waals surface area (Å²) in [6, 6.07) is -0.0581. The second-order valence-corrected chi connectivity index (χ2v) is 3.50. The molecule has 0 aliphatic heterocycles. The van der Waals surface area contributed by atoms with Crippen molar-refractivity contribution in [2.24, 2.45) is 0 Å². The molecule has 1 aliphatic carbocycles. The van der Waals surface area contributed by atoms with Crippen molar-refractivity contribution >= 4 is 11.9 Å². The van der Waals surface area contributed by atoms with Crippen LogP contribution in [-0.2, 0) is 14.3 Å². The molecule has 0 aromatic rings. The number of ether oxygens (including phenoxy) is 1. The summed E-state index contributed by atoms with van der Waals surface area (Å²) in [5.41, 5.74) is 0. The number of aliphatic carboxylic acids is 1. The largest absolute Gasteiger partial charge is 0.474 e. The molecule has 1 amide bonds. The Kier molecular flexibility index (Phi) is 3.88. The van der Waals surface area contributed by atoms with Crippen molar-refractivity contribution in [1.82, 2.24) is 5.32 Å². The number of nitrogens with one attached hydrogen (secondary N) is 1. The van der Waals surface area contributed by atoms with Gasteiger partial charge in [-0.2, -0.15) is 0 Å². The van der Waals surface area contributed by atoms with Gasteiger partial charge in [0.1, 0.15) is 0 Å². The number of carbonyl (C=O) groups is 2. The predicted octanol–water partition coefficient (Wildman–Crippen LogP) is 0.145. The summed E-state index contributed by atoms with van der Waals surface area (Å²) in [6.45, 7) is 0. The lowest BCUT2D eigenvalue weighted by atomic mass is 9.93. The minimum absolute atomic E-state index is 0.0581. The molecule has 2 unspecified atom stereocenters. The molecule has 0 saturated heterocycles. The van der Waals surface area contributed by atoms with E-state index < -0.39 is 11.9 Å². The van der Waals surface area contributed by atoms with Crippen molar-refractivity contribution in [3.63, 3.8) is 0 Å². The molecule has 0 aromatic heterocycles. The number of carboxylic acid groups (broad SMARTS) is 1. The summed E-state index contributed by atoms with van der Waals surface area (Å²) < 4.78 is 5.16. The normalized spacial score (nSPS) is 26.9. The number of hydrogen-bond donors (Lipinski definition) is 2. The minimum atomic E-state index is -1.43. The first-order valence-electron chi connectivity index (χ1n) is 4.70. The Morgan fingerprint density at radius 3 is 2.71 bits per heavy atom. The molecule has 14 heavy (non-hydrogen) atoms. The predicted molar refractivity (Wildman–Crippen MR) is 48.8 cm³/mol. The number of carbonyl (C=O) groups excluding carboxylic acids is 1. The lowest BCUT2D eigenvalue weighted by molar-refractivity contribution is -0.150. The Labute approximate surface area is 82.4 Å². The Balaban J connectivity index is 2.37. The van der Waals surface area contributed by atoms with Gasteiger partial charge in [-0.1, -0.05) is 0 Å². The van der Waals surface area contributed by atoms with Crippen molar-refractivity contribution in [3.05, 3.63) is 0 Å². The molecule has 5 nitrogen and oxygen atoms in total. The van der Waals surface area contributed by atoms with Crippen LogP contribution in [0.1, 0.15) is 25.7 Å². The smallest absolute Gasteiger partial charge is 0.394 e. The van der Waals surface area contributed by atoms with Crippen molar-refractivity contribution in [2.75, 3.05) is 7.11 Å². The SMILES string of the molecule is COC1CCCC(NC(=O)C(=O)O)C1. The van der Waals surface area contributed by atoms with Crippen LogP contribution in [0.2, 0.25) is 0 Å². The van der Waals surface area contributed by atoms with E-state index in [-0.39, 0.29) is 12.1 Å². The van der Waals surface area contributed by atoms with E-state index in [4.69, 9.17) is 9.84 Å². The first-order chi connectivity index (χ1) is 6.63. The zero-order chi connectivity index (χ0) is 10.6. The Morgan fingerprint density at radius 2 is 2.14 bits per heavy atom. The Bertz CT molecular complexity index is 229. The summed E-state index contributed by atoms with van der Waals surface area (Å²) in [4.78, 5) is 21.1. The highest BCUT2D eigenvalue weighted by molar-refractivity contribution is 6.31. The van der Waals surface area contributed by atoms with Crippen LogP contribution >= 0.6 is 0 Å². The molecule has 5 heteroatoms. The van der Waals surface area contributed by atoms with Crippen molar-refractivity contribution in [3.8, 4) is 0 Å². The summed E-state index contributed by atoms with van der Waals surface area (Å²) >= 11 is 0. The van der Waals surface area contributed by atoms with Gasteiger partial charge in [-0.3, -0.25) is 4.79 Å². The molecule has 0 aromatic carbocycles. The van der Waals surface area contributed by atoms with Gasteiger partial charge in [-0.25, -0.2) is 4.79 Å². The van der Waals surface area contributed by atoms with Gasteiger partial charge in [-0.05, 0) is 25.7 Å². The molecule has 2 atom stereocenters. The number of methoxy groups -OCH3 is 1. The summed E-state index contributed by atoms with van der Waals surface area (Å²) in [5.74, 6) is -2.35. The van der Waals surface area contributed by atoms with Gasteiger partial charge in [-0.15, -0.1) is 0 Å². The molecule has 0 heterocycles. The molecule has 0 radical (unpaired) electrons. The maximum Gasteiger partial charge on any atom is 0.394 e. The Hall–Kier alpha value is -1.10. The van der Waals surface area contributed by atoms with Gasteiger partial charge in [0.25, 0.3) is 0 Å². The third-order valence-corrected chi connectivity index (χ3v) is 2.49. The van der Waals surface area contributed by atoms with E-state index in [0.29, 0.717) is 6.42 Å². The van der Waals surface area contributed by atoms with Gasteiger partial charge >= 0.3 is 11.9 Å². The van der Waals surface area contributed by atoms with E-state index in [1.54, 1.807) is 7.11 Å². The summed E-state index contributed by atoms with van der Waals surface area (Å²) in [5, 5.41) is 10.9. The molecule has 1 aliphatic rings. The number of hydrogen-bond acceptors (Lipinski definition) is 3. The van der Waals surface area contributed by atoms with Crippen LogP contribution in [0, 0.1) is 0 Å². The van der Waals surface area contributed by atoms with E-state index in [1.165, 1.54) is 0 Å². The molecule has 0 bridgehead atoms. The van der Waals surface area contributed by atoms with Crippen LogP contribution in [0.15, 0.2) is 0 Å². The summed E-state index contributed by atoms with van der Waals surface area (Å²) in [7, 11) is 1.63. The van der Waals surface area contributed by atoms with Gasteiger partial charge in [0, 0.05) is 13.2 Å². The summed E-state index contributed by atoms with van der Waals surface area (Å²) in [6.07, 6.45) is 3.62. The molecule has 0 spiro atoms. The fraction of sp³-hybridized carbons (Fsp3) is 0.778. The zero-order valence-electron chi connectivity index (χ0n) is 8.16. The van der Waals surface area contributed by atoms with E-state index in [9.17, 15) is 9.59 Å². The maximum atomic E-state index is 10.9. The monoisotopic (exact) mass is 201 g/mol. The number of carboxylic acids is 1. The third kappa shape index (κ3) is 2.99. The second-order valence-electron chi connectivity index (χ2n) is 3.50. The fourth-order valence-electron chi connectivity index (χ4n) is 1.74. The third-order valence-electron chi connectivity index (χ3n) is 2.49. The topological polar surface area (TPSA) is 75.6 Å². The maximum absolute atomic E-state index is 10.9. The molecule has 2 N–H and O–H groups in total. The minimum Gasteiger partial charge on any atom is -0.474 e. The first kappa shape index (κ1) is 11.0. The number of amides is 1. The highest BCUT2D eigenvalue weighted by Gasteiger charge is 2.24. The highest BCUT2D eigenvalue weighted by atomic mass is 16.5. The number of rotatable bonds is 2. The molecular formula is C9H15NO4. The van der Waals surface area contributed by atoms with Crippen LogP contribution in [0.25, 0.3) is 0 Å². The van der Waals surface area contributed by atoms with Crippen LogP contribution < -0.4 is 5.32 Å². The average Bonchev–Trinajstić information content (AvgIpc) is 2.18. The van der Waals surface area contributed by atoms with E-state index >= 15 is 0 Å². The lowest BCUT2D eigenvalue weighted by Crippen LogP contribution is -2.43. The zero-order valence-corrected chi connectivity index (χ0v) is 8.16. The van der Waals surface area contributed by atoms with Gasteiger partial charge in [0.15, 0.2) is 0 Å². The van der Waals surface area contributed by atoms with Crippen LogP contribution in [-0.4, -0.2) is 36.2 Å². The van der Waals surface area contributed by atoms with Crippen LogP contribution in [0.4, 0.5) is 0 Å². The van der Waals surface area contributed by atoms with E-state index in [0.717, 1.165) is 19.3 Å². The van der Waals surface area contributed by atoms with Crippen LogP contribution in [0.5, 0.6) is 0 Å². The molecule has 80 valence electrons. The van der Waals surface area contributed by atoms with E-state index in [1.807, 2.05) is 0 Å². The Morgan fingerprint density at radius 1 is 1.43 bits per heavy atom. The molecule has 1 rings (SSSR count).